The summed E-state index contributed by atoms with van der Waals surface area (Å²) in [6, 6.07) is 13.9. The van der Waals surface area contributed by atoms with Crippen LogP contribution in [0.3, 0.4) is 0 Å². The molecule has 0 bridgehead atoms. The molecule has 0 radical (unpaired) electrons. The first kappa shape index (κ1) is 14.5. The molecule has 0 unspecified atom stereocenters. The van der Waals surface area contributed by atoms with Gasteiger partial charge in [-0.3, -0.25) is 4.21 Å². The molecule has 1 N–H and O–H groups in total. The molecule has 0 spiro atoms. The van der Waals surface area contributed by atoms with Crippen LogP contribution in [0.15, 0.2) is 51.6 Å². The molecule has 0 saturated heterocycles. The Bertz CT molecular complexity index is 541. The van der Waals surface area contributed by atoms with Gasteiger partial charge in [0.25, 0.3) is 0 Å². The average molecular weight is 342 g/mol. The van der Waals surface area contributed by atoms with Crippen LogP contribution in [0.4, 0.5) is 0 Å². The van der Waals surface area contributed by atoms with Crippen molar-refractivity contribution in [3.05, 3.63) is 58.5 Å². The summed E-state index contributed by atoms with van der Waals surface area (Å²) in [5, 5.41) is 3.39. The predicted molar refractivity (Wildman–Crippen MR) is 81.4 cm³/mol. The molecule has 0 saturated carbocycles. The van der Waals surface area contributed by atoms with Gasteiger partial charge in [0.1, 0.15) is 5.76 Å². The molecule has 5 heteroatoms. The fourth-order valence-corrected chi connectivity index (χ4v) is 2.98. The molecule has 3 nitrogen and oxygen atoms in total. The maximum atomic E-state index is 11.5. The maximum absolute atomic E-state index is 11.5. The Kier molecular flexibility index (Phi) is 5.36. The fraction of sp³-hybridized carbons (Fsp3) is 0.286. The standard InChI is InChI=1S/C14H16BrNO2S/c1-19(17)10-13(11-5-3-2-4-6-11)16-9-12-7-8-14(15)18-12/h2-8,13,16H,9-10H2,1H3/t13-,19+/m0/s1. The van der Waals surface area contributed by atoms with Crippen LogP contribution in [0.1, 0.15) is 17.4 Å². The first-order valence-electron chi connectivity index (χ1n) is 5.97. The van der Waals surface area contributed by atoms with Crippen molar-refractivity contribution in [1.29, 1.82) is 0 Å². The molecular weight excluding hydrogens is 326 g/mol. The van der Waals surface area contributed by atoms with Crippen LogP contribution >= 0.6 is 15.9 Å². The van der Waals surface area contributed by atoms with Crippen molar-refractivity contribution in [3.63, 3.8) is 0 Å². The Hall–Kier alpha value is -0.910. The Morgan fingerprint density at radius 3 is 2.58 bits per heavy atom. The maximum Gasteiger partial charge on any atom is 0.169 e. The van der Waals surface area contributed by atoms with Gasteiger partial charge in [-0.25, -0.2) is 0 Å². The summed E-state index contributed by atoms with van der Waals surface area (Å²) in [4.78, 5) is 0. The Morgan fingerprint density at radius 2 is 2.00 bits per heavy atom. The highest BCUT2D eigenvalue weighted by Crippen LogP contribution is 2.17. The van der Waals surface area contributed by atoms with Gasteiger partial charge in [-0.2, -0.15) is 0 Å². The van der Waals surface area contributed by atoms with E-state index in [1.807, 2.05) is 42.5 Å². The fourth-order valence-electron chi connectivity index (χ4n) is 1.86. The van der Waals surface area contributed by atoms with Gasteiger partial charge < -0.3 is 9.73 Å². The lowest BCUT2D eigenvalue weighted by Gasteiger charge is -2.17. The van der Waals surface area contributed by atoms with Gasteiger partial charge in [-0.05, 0) is 33.6 Å². The molecule has 0 amide bonds. The number of furan rings is 1. The van der Waals surface area contributed by atoms with Gasteiger partial charge >= 0.3 is 0 Å². The third kappa shape index (κ3) is 4.60. The van der Waals surface area contributed by atoms with Crippen molar-refractivity contribution in [3.8, 4) is 0 Å². The Balaban J connectivity index is 2.04. The minimum atomic E-state index is -0.851. The monoisotopic (exact) mass is 341 g/mol. The van der Waals surface area contributed by atoms with E-state index in [1.165, 1.54) is 0 Å². The third-order valence-electron chi connectivity index (χ3n) is 2.75. The largest absolute Gasteiger partial charge is 0.453 e. The summed E-state index contributed by atoms with van der Waals surface area (Å²) in [6.45, 7) is 0.613. The van der Waals surface area contributed by atoms with Gasteiger partial charge in [-0.15, -0.1) is 0 Å². The molecule has 2 aromatic rings. The van der Waals surface area contributed by atoms with Crippen LogP contribution in [0.5, 0.6) is 0 Å². The summed E-state index contributed by atoms with van der Waals surface area (Å²) in [5.74, 6) is 1.45. The molecule has 102 valence electrons. The zero-order chi connectivity index (χ0) is 13.7. The zero-order valence-corrected chi connectivity index (χ0v) is 13.0. The summed E-state index contributed by atoms with van der Waals surface area (Å²) < 4.78 is 17.7. The van der Waals surface area contributed by atoms with Crippen molar-refractivity contribution < 1.29 is 8.63 Å². The molecule has 1 aromatic heterocycles. The molecule has 1 heterocycles. The molecule has 0 fully saturated rings. The van der Waals surface area contributed by atoms with Crippen LogP contribution in [-0.2, 0) is 17.3 Å². The van der Waals surface area contributed by atoms with Gasteiger partial charge in [0.05, 0.1) is 6.54 Å². The predicted octanol–water partition coefficient (Wildman–Crippen LogP) is 3.25. The first-order chi connectivity index (χ1) is 9.15. The number of halogens is 1. The highest BCUT2D eigenvalue weighted by molar-refractivity contribution is 9.10. The van der Waals surface area contributed by atoms with Gasteiger partial charge in [0.2, 0.25) is 0 Å². The van der Waals surface area contributed by atoms with Crippen molar-refractivity contribution in [2.24, 2.45) is 0 Å². The van der Waals surface area contributed by atoms with E-state index >= 15 is 0 Å². The lowest BCUT2D eigenvalue weighted by molar-refractivity contribution is 0.447. The normalized spacial score (nSPS) is 14.2. The number of nitrogens with one attached hydrogen (secondary N) is 1. The van der Waals surface area contributed by atoms with E-state index in [9.17, 15) is 4.21 Å². The van der Waals surface area contributed by atoms with Gasteiger partial charge in [-0.1, -0.05) is 30.3 Å². The van der Waals surface area contributed by atoms with Crippen molar-refractivity contribution in [1.82, 2.24) is 5.32 Å². The summed E-state index contributed by atoms with van der Waals surface area (Å²) in [7, 11) is -0.851. The molecule has 1 aromatic carbocycles. The molecule has 19 heavy (non-hydrogen) atoms. The molecule has 2 rings (SSSR count). The minimum absolute atomic E-state index is 0.0657. The van der Waals surface area contributed by atoms with E-state index in [2.05, 4.69) is 21.2 Å². The molecule has 0 aliphatic rings. The first-order valence-corrected chi connectivity index (χ1v) is 8.50. The highest BCUT2D eigenvalue weighted by Gasteiger charge is 2.13. The highest BCUT2D eigenvalue weighted by atomic mass is 79.9. The Morgan fingerprint density at radius 1 is 1.26 bits per heavy atom. The van der Waals surface area contributed by atoms with Crippen molar-refractivity contribution in [2.75, 3.05) is 12.0 Å². The van der Waals surface area contributed by atoms with Crippen LogP contribution in [0.2, 0.25) is 0 Å². The van der Waals surface area contributed by atoms with Crippen molar-refractivity contribution in [2.45, 2.75) is 12.6 Å². The second kappa shape index (κ2) is 7.03. The number of hydrogen-bond donors (Lipinski definition) is 1. The van der Waals surface area contributed by atoms with E-state index in [1.54, 1.807) is 6.26 Å². The second-order valence-corrected chi connectivity index (χ2v) is 6.55. The number of hydrogen-bond acceptors (Lipinski definition) is 3. The minimum Gasteiger partial charge on any atom is -0.453 e. The zero-order valence-electron chi connectivity index (χ0n) is 10.6. The Labute approximate surface area is 124 Å². The lowest BCUT2D eigenvalue weighted by Crippen LogP contribution is -2.25. The summed E-state index contributed by atoms with van der Waals surface area (Å²) in [6.07, 6.45) is 1.72. The molecular formula is C14H16BrNO2S. The molecule has 2 atom stereocenters. The average Bonchev–Trinajstić information content (AvgIpc) is 2.81. The lowest BCUT2D eigenvalue weighted by atomic mass is 10.1. The summed E-state index contributed by atoms with van der Waals surface area (Å²) in [5.41, 5.74) is 1.14. The van der Waals surface area contributed by atoms with E-state index in [4.69, 9.17) is 4.42 Å². The number of benzene rings is 1. The quantitative estimate of drug-likeness (QED) is 0.876. The van der Waals surface area contributed by atoms with E-state index in [0.717, 1.165) is 16.0 Å². The van der Waals surface area contributed by atoms with Crippen LogP contribution in [-0.4, -0.2) is 16.2 Å². The SMILES string of the molecule is C[S@@](=O)C[C@H](NCc1ccc(Br)o1)c1ccccc1. The van der Waals surface area contributed by atoms with Crippen LogP contribution in [0.25, 0.3) is 0 Å². The smallest absolute Gasteiger partial charge is 0.169 e. The van der Waals surface area contributed by atoms with Crippen molar-refractivity contribution >= 4 is 26.7 Å². The van der Waals surface area contributed by atoms with E-state index in [0.29, 0.717) is 12.3 Å². The molecule has 0 aliphatic heterocycles. The summed E-state index contributed by atoms with van der Waals surface area (Å²) >= 11 is 3.28. The van der Waals surface area contributed by atoms with Crippen LogP contribution in [0, 0.1) is 0 Å². The second-order valence-electron chi connectivity index (χ2n) is 4.29. The topological polar surface area (TPSA) is 42.2 Å². The van der Waals surface area contributed by atoms with E-state index < -0.39 is 10.8 Å². The van der Waals surface area contributed by atoms with Gasteiger partial charge in [0, 0.05) is 28.9 Å². The van der Waals surface area contributed by atoms with E-state index in [-0.39, 0.29) is 6.04 Å². The van der Waals surface area contributed by atoms with Gasteiger partial charge in [0.15, 0.2) is 4.67 Å². The number of rotatable bonds is 6. The third-order valence-corrected chi connectivity index (χ3v) is 3.98. The van der Waals surface area contributed by atoms with Crippen LogP contribution < -0.4 is 5.32 Å². The molecule has 0 aliphatic carbocycles.